The van der Waals surface area contributed by atoms with Gasteiger partial charge in [0.2, 0.25) is 0 Å². The summed E-state index contributed by atoms with van der Waals surface area (Å²) in [5.41, 5.74) is -0.173. The first kappa shape index (κ1) is 19.6. The summed E-state index contributed by atoms with van der Waals surface area (Å²) in [6, 6.07) is 13.8. The van der Waals surface area contributed by atoms with Crippen molar-refractivity contribution in [3.63, 3.8) is 0 Å². The molecule has 2 heterocycles. The van der Waals surface area contributed by atoms with Gasteiger partial charge in [-0.15, -0.1) is 5.10 Å². The number of aromatic nitrogens is 4. The third kappa shape index (κ3) is 3.51. The van der Waals surface area contributed by atoms with Gasteiger partial charge in [-0.05, 0) is 30.3 Å². The maximum atomic E-state index is 14.7. The quantitative estimate of drug-likeness (QED) is 0.547. The van der Waals surface area contributed by atoms with E-state index in [1.807, 2.05) is 0 Å². The molecule has 4 rings (SSSR count). The molecule has 0 aliphatic heterocycles. The molecular formula is C22H17F2N5O. The Kier molecular flexibility index (Phi) is 4.98. The van der Waals surface area contributed by atoms with E-state index in [0.29, 0.717) is 16.8 Å². The highest BCUT2D eigenvalue weighted by atomic mass is 19.1. The van der Waals surface area contributed by atoms with Gasteiger partial charge in [0.1, 0.15) is 17.2 Å². The molecule has 0 spiro atoms. The number of hydrogen-bond acceptors (Lipinski definition) is 5. The van der Waals surface area contributed by atoms with E-state index in [-0.39, 0.29) is 12.1 Å². The number of halogens is 2. The minimum atomic E-state index is -1.78. The smallest absolute Gasteiger partial charge is 0.132 e. The number of aliphatic hydroxyl groups is 1. The fraction of sp³-hybridized carbons (Fsp3) is 0.182. The van der Waals surface area contributed by atoms with Gasteiger partial charge in [0.25, 0.3) is 0 Å². The molecule has 1 N–H and O–H groups in total. The number of rotatable bonds is 5. The normalized spacial score (nSPS) is 14.2. The first-order chi connectivity index (χ1) is 14.4. The van der Waals surface area contributed by atoms with Crippen molar-refractivity contribution in [2.45, 2.75) is 25.0 Å². The molecule has 0 saturated carbocycles. The summed E-state index contributed by atoms with van der Waals surface area (Å²) in [6.45, 7) is 1.61. The second-order valence-corrected chi connectivity index (χ2v) is 7.13. The molecule has 2 aromatic carbocycles. The SMILES string of the molecule is CC(c1ccc2cc(C#N)ccc2n1)C(O)(Cn1ccnn1)c1ccc(F)cc1F. The minimum Gasteiger partial charge on any atom is -0.382 e. The first-order valence-electron chi connectivity index (χ1n) is 9.23. The molecule has 6 nitrogen and oxygen atoms in total. The van der Waals surface area contributed by atoms with E-state index in [0.717, 1.165) is 17.5 Å². The van der Waals surface area contributed by atoms with Gasteiger partial charge in [0.15, 0.2) is 0 Å². The van der Waals surface area contributed by atoms with E-state index in [1.165, 1.54) is 16.9 Å². The Morgan fingerprint density at radius 3 is 2.70 bits per heavy atom. The summed E-state index contributed by atoms with van der Waals surface area (Å²) in [4.78, 5) is 4.61. The maximum absolute atomic E-state index is 14.7. The highest BCUT2D eigenvalue weighted by Gasteiger charge is 2.40. The number of hydrogen-bond donors (Lipinski definition) is 1. The largest absolute Gasteiger partial charge is 0.382 e. The fourth-order valence-electron chi connectivity index (χ4n) is 3.56. The van der Waals surface area contributed by atoms with E-state index in [9.17, 15) is 13.9 Å². The van der Waals surface area contributed by atoms with Crippen LogP contribution in [0.3, 0.4) is 0 Å². The molecule has 2 unspecified atom stereocenters. The molecule has 0 aliphatic rings. The molecule has 0 saturated heterocycles. The van der Waals surface area contributed by atoms with Crippen LogP contribution in [0.1, 0.15) is 29.7 Å². The summed E-state index contributed by atoms with van der Waals surface area (Å²) in [5.74, 6) is -2.27. The summed E-state index contributed by atoms with van der Waals surface area (Å²) < 4.78 is 29.6. The van der Waals surface area contributed by atoms with Crippen molar-refractivity contribution in [3.8, 4) is 6.07 Å². The molecular weight excluding hydrogens is 388 g/mol. The lowest BCUT2D eigenvalue weighted by Crippen LogP contribution is -2.38. The van der Waals surface area contributed by atoms with Crippen LogP contribution in [-0.2, 0) is 12.1 Å². The third-order valence-electron chi connectivity index (χ3n) is 5.27. The third-order valence-corrected chi connectivity index (χ3v) is 5.27. The average molecular weight is 405 g/mol. The van der Waals surface area contributed by atoms with Gasteiger partial charge >= 0.3 is 0 Å². The number of fused-ring (bicyclic) bond motifs is 1. The Morgan fingerprint density at radius 2 is 2.00 bits per heavy atom. The monoisotopic (exact) mass is 405 g/mol. The molecule has 8 heteroatoms. The second-order valence-electron chi connectivity index (χ2n) is 7.13. The summed E-state index contributed by atoms with van der Waals surface area (Å²) in [7, 11) is 0. The van der Waals surface area contributed by atoms with Crippen molar-refractivity contribution >= 4 is 10.9 Å². The number of nitriles is 1. The Bertz CT molecular complexity index is 1250. The van der Waals surface area contributed by atoms with E-state index < -0.39 is 23.2 Å². The first-order valence-corrected chi connectivity index (χ1v) is 9.23. The Hall–Kier alpha value is -3.70. The van der Waals surface area contributed by atoms with Crippen LogP contribution in [-0.4, -0.2) is 25.1 Å². The lowest BCUT2D eigenvalue weighted by molar-refractivity contribution is -0.0125. The maximum Gasteiger partial charge on any atom is 0.132 e. The molecule has 2 aromatic heterocycles. The zero-order chi connectivity index (χ0) is 21.3. The summed E-state index contributed by atoms with van der Waals surface area (Å²) in [6.07, 6.45) is 3.00. The van der Waals surface area contributed by atoms with Crippen LogP contribution in [0.4, 0.5) is 8.78 Å². The van der Waals surface area contributed by atoms with Gasteiger partial charge < -0.3 is 5.11 Å². The van der Waals surface area contributed by atoms with Crippen molar-refractivity contribution < 1.29 is 13.9 Å². The van der Waals surface area contributed by atoms with Gasteiger partial charge in [0, 0.05) is 34.8 Å². The van der Waals surface area contributed by atoms with Crippen LogP contribution in [0, 0.1) is 23.0 Å². The van der Waals surface area contributed by atoms with Crippen LogP contribution in [0.5, 0.6) is 0 Å². The van der Waals surface area contributed by atoms with E-state index >= 15 is 0 Å². The standard InChI is InChI=1S/C22H17F2N5O/c1-14(20-7-3-16-10-15(12-25)2-6-21(16)27-20)22(30,13-29-9-8-26-28-29)18-5-4-17(23)11-19(18)24/h2-11,14,30H,13H2,1H3. The topological polar surface area (TPSA) is 87.6 Å². The van der Waals surface area contributed by atoms with Gasteiger partial charge in [-0.2, -0.15) is 5.26 Å². The average Bonchev–Trinajstić information content (AvgIpc) is 3.25. The molecule has 0 radical (unpaired) electrons. The van der Waals surface area contributed by atoms with Crippen molar-refractivity contribution in [1.29, 1.82) is 5.26 Å². The lowest BCUT2D eigenvalue weighted by atomic mass is 9.79. The second kappa shape index (κ2) is 7.61. The summed E-state index contributed by atoms with van der Waals surface area (Å²) in [5, 5.41) is 29.1. The molecule has 0 amide bonds. The predicted octanol–water partition coefficient (Wildman–Crippen LogP) is 3.67. The molecule has 0 aliphatic carbocycles. The Labute approximate surface area is 171 Å². The predicted molar refractivity (Wildman–Crippen MR) is 105 cm³/mol. The van der Waals surface area contributed by atoms with Gasteiger partial charge in [-0.1, -0.05) is 24.3 Å². The molecule has 2 atom stereocenters. The van der Waals surface area contributed by atoms with E-state index in [2.05, 4.69) is 21.4 Å². The zero-order valence-electron chi connectivity index (χ0n) is 16.0. The number of nitrogens with zero attached hydrogens (tertiary/aromatic N) is 5. The van der Waals surface area contributed by atoms with Crippen molar-refractivity contribution in [3.05, 3.63) is 89.4 Å². The van der Waals surface area contributed by atoms with Gasteiger partial charge in [-0.3, -0.25) is 4.98 Å². The van der Waals surface area contributed by atoms with Crippen LogP contribution < -0.4 is 0 Å². The van der Waals surface area contributed by atoms with Crippen LogP contribution >= 0.6 is 0 Å². The summed E-state index contributed by atoms with van der Waals surface area (Å²) >= 11 is 0. The molecule has 150 valence electrons. The minimum absolute atomic E-state index is 0.0615. The number of pyridine rings is 1. The lowest BCUT2D eigenvalue weighted by Gasteiger charge is -2.34. The molecule has 30 heavy (non-hydrogen) atoms. The van der Waals surface area contributed by atoms with Crippen LogP contribution in [0.15, 0.2) is 60.9 Å². The van der Waals surface area contributed by atoms with Gasteiger partial charge in [-0.25, -0.2) is 13.5 Å². The molecule has 0 fully saturated rings. The van der Waals surface area contributed by atoms with E-state index in [4.69, 9.17) is 5.26 Å². The number of benzene rings is 2. The van der Waals surface area contributed by atoms with E-state index in [1.54, 1.807) is 43.5 Å². The molecule has 4 aromatic rings. The highest BCUT2D eigenvalue weighted by Crippen LogP contribution is 2.39. The van der Waals surface area contributed by atoms with Crippen molar-refractivity contribution in [2.75, 3.05) is 0 Å². The molecule has 0 bridgehead atoms. The van der Waals surface area contributed by atoms with Gasteiger partial charge in [0.05, 0.1) is 29.9 Å². The van der Waals surface area contributed by atoms with Crippen molar-refractivity contribution in [1.82, 2.24) is 20.0 Å². The van der Waals surface area contributed by atoms with Crippen LogP contribution in [0.25, 0.3) is 10.9 Å². The Morgan fingerprint density at radius 1 is 1.17 bits per heavy atom. The fourth-order valence-corrected chi connectivity index (χ4v) is 3.56. The zero-order valence-corrected chi connectivity index (χ0v) is 16.0. The Balaban J connectivity index is 1.82. The van der Waals surface area contributed by atoms with Crippen molar-refractivity contribution in [2.24, 2.45) is 0 Å². The highest BCUT2D eigenvalue weighted by molar-refractivity contribution is 5.80. The van der Waals surface area contributed by atoms with Crippen LogP contribution in [0.2, 0.25) is 0 Å².